The number of nitrogens with zero attached hydrogens (tertiary/aromatic N) is 4. The summed E-state index contributed by atoms with van der Waals surface area (Å²) < 4.78 is 9.64. The van der Waals surface area contributed by atoms with E-state index in [1.54, 1.807) is 9.80 Å². The van der Waals surface area contributed by atoms with Crippen molar-refractivity contribution in [3.8, 4) is 0 Å². The first-order chi connectivity index (χ1) is 13.4. The van der Waals surface area contributed by atoms with Crippen molar-refractivity contribution in [1.29, 1.82) is 0 Å². The van der Waals surface area contributed by atoms with Crippen molar-refractivity contribution in [2.75, 3.05) is 78.9 Å². The van der Waals surface area contributed by atoms with Gasteiger partial charge in [0.05, 0.1) is 13.1 Å². The van der Waals surface area contributed by atoms with Crippen LogP contribution in [0.15, 0.2) is 0 Å². The fraction of sp³-hybridized carbons (Fsp3) is 0.750. The summed E-state index contributed by atoms with van der Waals surface area (Å²) in [5.41, 5.74) is 0. The van der Waals surface area contributed by atoms with Gasteiger partial charge < -0.3 is 19.7 Å². The Morgan fingerprint density at radius 2 is 0.931 bits per heavy atom. The van der Waals surface area contributed by atoms with Crippen molar-refractivity contribution < 1.29 is 38.9 Å². The molecule has 1 aliphatic rings. The van der Waals surface area contributed by atoms with Gasteiger partial charge in [-0.05, 0) is 0 Å². The van der Waals surface area contributed by atoms with E-state index in [1.165, 1.54) is 0 Å². The molecule has 166 valence electrons. The first-order valence-electron chi connectivity index (χ1n) is 8.88. The number of rotatable bonds is 10. The number of hydrogen-bond donors (Lipinski definition) is 2. The monoisotopic (exact) mass is 474 g/mol. The van der Waals surface area contributed by atoms with Crippen LogP contribution in [0.3, 0.4) is 0 Å². The predicted octanol–water partition coefficient (Wildman–Crippen LogP) is -3.55. The van der Waals surface area contributed by atoms with Gasteiger partial charge in [-0.15, -0.1) is 0 Å². The Balaban J connectivity index is 0.00000784. The van der Waals surface area contributed by atoms with E-state index in [-0.39, 0.29) is 46.3 Å². The van der Waals surface area contributed by atoms with Gasteiger partial charge in [-0.25, -0.2) is 0 Å². The van der Waals surface area contributed by atoms with Gasteiger partial charge in [0.2, 0.25) is 0 Å². The third-order valence-electron chi connectivity index (χ3n) is 4.30. The zero-order valence-electron chi connectivity index (χ0n) is 15.8. The number of hydrogen-bond acceptors (Lipinski definition) is 10. The van der Waals surface area contributed by atoms with Crippen LogP contribution in [0.1, 0.15) is 0 Å². The third kappa shape index (κ3) is 13.2. The average Bonchev–Trinajstić information content (AvgIpc) is 2.63. The molecule has 0 aliphatic carbocycles. The molecule has 0 aromatic heterocycles. The van der Waals surface area contributed by atoms with Gasteiger partial charge in [-0.3, -0.25) is 38.8 Å². The molecule has 0 aromatic carbocycles. The standard InChI is InChI=1S/C16H28N4O8.Ga.3H/c21-13-27-11-19-5-3-17(9-15(23)24)1-2-18(10-16(25)26)4-6-20(8-7-19)12-28-14-22;;;;/h13-14H,1-12H2,(H,23,24)(H,25,26);;;;/i;1-3;;;. The Hall–Kier alpha value is -1.64. The van der Waals surface area contributed by atoms with E-state index in [0.29, 0.717) is 65.3 Å². The molecule has 2 N–H and O–H groups in total. The van der Waals surface area contributed by atoms with E-state index < -0.39 is 11.9 Å². The summed E-state index contributed by atoms with van der Waals surface area (Å²) in [5, 5.41) is 18.2. The molecule has 0 aromatic rings. The summed E-state index contributed by atoms with van der Waals surface area (Å²) in [7, 11) is 0. The van der Waals surface area contributed by atoms with Gasteiger partial charge in [0.25, 0.3) is 12.9 Å². The van der Waals surface area contributed by atoms with Crippen LogP contribution >= 0.6 is 0 Å². The molecule has 13 heteroatoms. The van der Waals surface area contributed by atoms with Crippen molar-refractivity contribution in [1.82, 2.24) is 19.6 Å². The van der Waals surface area contributed by atoms with E-state index in [0.717, 1.165) is 0 Å². The van der Waals surface area contributed by atoms with E-state index >= 15 is 0 Å². The Kier molecular flexibility index (Phi) is 15.3. The minimum atomic E-state index is -0.968. The summed E-state index contributed by atoms with van der Waals surface area (Å²) in [6.45, 7) is 4.02. The number of carbonyl (C=O) groups excluding carboxylic acids is 2. The maximum absolute atomic E-state index is 11.1. The minimum absolute atomic E-state index is 0. The molecule has 1 fully saturated rings. The predicted molar refractivity (Wildman–Crippen MR) is 105 cm³/mol. The average molecular weight is 474 g/mol. The van der Waals surface area contributed by atoms with Gasteiger partial charge in [-0.1, -0.05) is 0 Å². The molecule has 0 spiro atoms. The van der Waals surface area contributed by atoms with Crippen molar-refractivity contribution in [2.24, 2.45) is 0 Å². The molecule has 0 bridgehead atoms. The van der Waals surface area contributed by atoms with E-state index in [9.17, 15) is 19.2 Å². The van der Waals surface area contributed by atoms with Gasteiger partial charge in [0.15, 0.2) is 0 Å². The second-order valence-electron chi connectivity index (χ2n) is 6.36. The maximum atomic E-state index is 11.1. The molecule has 29 heavy (non-hydrogen) atoms. The molecule has 0 amide bonds. The second kappa shape index (κ2) is 16.2. The van der Waals surface area contributed by atoms with Crippen molar-refractivity contribution in [2.45, 2.75) is 0 Å². The quantitative estimate of drug-likeness (QED) is 0.239. The van der Waals surface area contributed by atoms with Crippen LogP contribution in [0, 0.1) is 0 Å². The van der Waals surface area contributed by atoms with Gasteiger partial charge in [0.1, 0.15) is 13.5 Å². The molecule has 0 radical (unpaired) electrons. The van der Waals surface area contributed by atoms with Gasteiger partial charge >= 0.3 is 31.7 Å². The van der Waals surface area contributed by atoms with Crippen molar-refractivity contribution >= 4 is 44.7 Å². The summed E-state index contributed by atoms with van der Waals surface area (Å²) in [4.78, 5) is 50.4. The summed E-state index contributed by atoms with van der Waals surface area (Å²) >= 11 is 0. The van der Waals surface area contributed by atoms with Crippen LogP contribution in [0.25, 0.3) is 0 Å². The fourth-order valence-corrected chi connectivity index (χ4v) is 2.81. The first-order valence-corrected chi connectivity index (χ1v) is 8.88. The zero-order valence-corrected chi connectivity index (χ0v) is 15.8. The van der Waals surface area contributed by atoms with Crippen LogP contribution in [0.5, 0.6) is 0 Å². The van der Waals surface area contributed by atoms with Crippen molar-refractivity contribution in [3.05, 3.63) is 0 Å². The Morgan fingerprint density at radius 1 is 0.655 bits per heavy atom. The number of ether oxygens (including phenoxy) is 2. The molecule has 1 rings (SSSR count). The van der Waals surface area contributed by atoms with Crippen LogP contribution in [0.2, 0.25) is 0 Å². The van der Waals surface area contributed by atoms with Crippen LogP contribution in [-0.2, 0) is 28.7 Å². The fourth-order valence-electron chi connectivity index (χ4n) is 2.81. The number of carbonyl (C=O) groups is 4. The summed E-state index contributed by atoms with van der Waals surface area (Å²) in [5.74, 6) is -1.94. The van der Waals surface area contributed by atoms with Crippen LogP contribution in [-0.4, -0.2) is 153 Å². The molecular weight excluding hydrogens is 443 g/mol. The summed E-state index contributed by atoms with van der Waals surface area (Å²) in [6, 6.07) is 0. The second-order valence-corrected chi connectivity index (χ2v) is 6.36. The Bertz CT molecular complexity index is 469. The molecule has 1 aliphatic heterocycles. The molecular formula is C16H31GaN4O8. The Labute approximate surface area is 182 Å². The SMILES string of the molecule is O=COCN1CCN(COC=O)CCN(CC(=O)O)CCN(CC(=O)O)CC1.[67GaH3]. The van der Waals surface area contributed by atoms with E-state index in [2.05, 4.69) is 0 Å². The topological polar surface area (TPSA) is 140 Å². The van der Waals surface area contributed by atoms with Crippen LogP contribution in [0.4, 0.5) is 0 Å². The van der Waals surface area contributed by atoms with Gasteiger partial charge in [-0.2, -0.15) is 0 Å². The molecule has 0 unspecified atom stereocenters. The van der Waals surface area contributed by atoms with Crippen molar-refractivity contribution in [3.63, 3.8) is 0 Å². The molecule has 1 heterocycles. The molecule has 1 saturated heterocycles. The normalized spacial score (nSPS) is 18.5. The number of carboxylic acid groups (broad SMARTS) is 2. The van der Waals surface area contributed by atoms with E-state index in [1.807, 2.05) is 9.80 Å². The molecule has 0 atom stereocenters. The Morgan fingerprint density at radius 3 is 1.17 bits per heavy atom. The van der Waals surface area contributed by atoms with Crippen LogP contribution < -0.4 is 0 Å². The molecule has 0 saturated carbocycles. The summed E-state index contributed by atoms with van der Waals surface area (Å²) in [6.07, 6.45) is 0. The third-order valence-corrected chi connectivity index (χ3v) is 4.30. The first kappa shape index (κ1) is 27.4. The number of carboxylic acids is 2. The number of aliphatic carboxylic acids is 2. The molecule has 12 nitrogen and oxygen atoms in total. The van der Waals surface area contributed by atoms with Gasteiger partial charge in [0, 0.05) is 52.4 Å². The zero-order chi connectivity index (χ0) is 20.8. The van der Waals surface area contributed by atoms with E-state index in [4.69, 9.17) is 19.7 Å².